The number of nitrogens with one attached hydrogen (secondary N) is 1. The van der Waals surface area contributed by atoms with Crippen LogP contribution in [0.3, 0.4) is 0 Å². The molecule has 0 heterocycles. The third-order valence-electron chi connectivity index (χ3n) is 13.1. The van der Waals surface area contributed by atoms with Gasteiger partial charge >= 0.3 is 0 Å². The van der Waals surface area contributed by atoms with Gasteiger partial charge < -0.3 is 15.1 Å². The van der Waals surface area contributed by atoms with E-state index in [0.29, 0.717) is 18.9 Å². The van der Waals surface area contributed by atoms with Crippen LogP contribution in [0.15, 0.2) is 0 Å². The second kappa shape index (κ2) is 40.7. The molecule has 1 saturated carbocycles. The van der Waals surface area contributed by atoms with E-state index in [1.165, 1.54) is 199 Å². The summed E-state index contributed by atoms with van der Waals surface area (Å²) in [6.45, 7) is 13.6. The van der Waals surface area contributed by atoms with E-state index in [1.54, 1.807) is 0 Å². The fourth-order valence-electron chi connectivity index (χ4n) is 9.26. The second-order valence-corrected chi connectivity index (χ2v) is 18.1. The highest BCUT2D eigenvalue weighted by Gasteiger charge is 2.36. The van der Waals surface area contributed by atoms with Gasteiger partial charge in [-0.25, -0.2) is 0 Å². The number of unbranched alkanes of at least 4 members (excludes halogenated alkanes) is 29. The Bertz CT molecular complexity index is 839. The Hall–Kier alpha value is -1.10. The van der Waals surface area contributed by atoms with Crippen molar-refractivity contribution in [3.05, 3.63) is 0 Å². The topological polar surface area (TPSA) is 52.7 Å². The quantitative estimate of drug-likeness (QED) is 0.0627. The summed E-state index contributed by atoms with van der Waals surface area (Å²) in [4.78, 5) is 32.6. The number of carbonyl (C=O) groups excluding carboxylic acids is 2. The average molecular weight is 788 g/mol. The van der Waals surface area contributed by atoms with Crippen LogP contribution in [0.5, 0.6) is 0 Å². The Balaban J connectivity index is 2.45. The second-order valence-electron chi connectivity index (χ2n) is 18.1. The van der Waals surface area contributed by atoms with E-state index < -0.39 is 0 Å². The van der Waals surface area contributed by atoms with Crippen LogP contribution in [0.1, 0.15) is 272 Å². The number of nitrogens with zero attached hydrogens (tertiary/aromatic N) is 2. The maximum Gasteiger partial charge on any atom is 0.243 e. The summed E-state index contributed by atoms with van der Waals surface area (Å²) in [6.07, 6.45) is 49.1. The Kier molecular flexibility index (Phi) is 38.4. The molecule has 0 radical (unpaired) electrons. The summed E-state index contributed by atoms with van der Waals surface area (Å²) >= 11 is 0. The molecule has 1 atom stereocenters. The number of hydrogen-bond donors (Lipinski definition) is 1. The first-order chi connectivity index (χ1) is 27.6. The summed E-state index contributed by atoms with van der Waals surface area (Å²) in [5.41, 5.74) is 0. The highest BCUT2D eigenvalue weighted by atomic mass is 16.2. The Morgan fingerprint density at radius 1 is 0.464 bits per heavy atom. The van der Waals surface area contributed by atoms with Crippen molar-refractivity contribution in [1.29, 1.82) is 0 Å². The van der Waals surface area contributed by atoms with Gasteiger partial charge in [-0.2, -0.15) is 0 Å². The molecule has 2 amide bonds. The molecule has 0 saturated heterocycles. The van der Waals surface area contributed by atoms with Gasteiger partial charge in [0.05, 0.1) is 0 Å². The van der Waals surface area contributed by atoms with Crippen molar-refractivity contribution >= 4 is 11.8 Å². The lowest BCUT2D eigenvalue weighted by Gasteiger charge is -2.38. The van der Waals surface area contributed by atoms with Gasteiger partial charge in [-0.05, 0) is 57.7 Å². The van der Waals surface area contributed by atoms with E-state index in [4.69, 9.17) is 0 Å². The fourth-order valence-corrected chi connectivity index (χ4v) is 9.26. The molecule has 0 aromatic carbocycles. The van der Waals surface area contributed by atoms with Crippen LogP contribution in [-0.4, -0.2) is 60.4 Å². The summed E-state index contributed by atoms with van der Waals surface area (Å²) in [5.74, 6) is 0.658. The zero-order valence-corrected chi connectivity index (χ0v) is 38.8. The molecule has 5 nitrogen and oxygen atoms in total. The van der Waals surface area contributed by atoms with Gasteiger partial charge in [0.15, 0.2) is 0 Å². The zero-order valence-electron chi connectivity index (χ0n) is 38.8. The maximum absolute atomic E-state index is 14.1. The van der Waals surface area contributed by atoms with Crippen molar-refractivity contribution in [2.75, 3.05) is 32.7 Å². The van der Waals surface area contributed by atoms with Crippen LogP contribution >= 0.6 is 0 Å². The molecule has 0 spiro atoms. The smallest absolute Gasteiger partial charge is 0.243 e. The Labute approximate surface area is 351 Å². The molecular weight excluding hydrogens is 687 g/mol. The molecule has 0 bridgehead atoms. The van der Waals surface area contributed by atoms with Crippen LogP contribution in [0.2, 0.25) is 0 Å². The first-order valence-electron chi connectivity index (χ1n) is 25.9. The Morgan fingerprint density at radius 3 is 1.23 bits per heavy atom. The lowest BCUT2D eigenvalue weighted by Crippen LogP contribution is -2.54. The van der Waals surface area contributed by atoms with Crippen molar-refractivity contribution in [3.8, 4) is 0 Å². The van der Waals surface area contributed by atoms with E-state index in [9.17, 15) is 9.59 Å². The average Bonchev–Trinajstić information content (AvgIpc) is 3.21. The predicted molar refractivity (Wildman–Crippen MR) is 247 cm³/mol. The van der Waals surface area contributed by atoms with Crippen LogP contribution < -0.4 is 5.32 Å². The van der Waals surface area contributed by atoms with Gasteiger partial charge in [0, 0.05) is 19.5 Å². The molecule has 0 aliphatic heterocycles. The SMILES string of the molecule is CCCCCCCCCCCCCCCCCCNC(=O)C(C1CCCCC1)N(CCCN(CC)CC)C(=O)CCCCCCCCCCCCCCCCC. The van der Waals surface area contributed by atoms with E-state index in [-0.39, 0.29) is 17.9 Å². The third-order valence-corrected chi connectivity index (χ3v) is 13.1. The first kappa shape index (κ1) is 52.9. The van der Waals surface area contributed by atoms with Crippen LogP contribution in [0, 0.1) is 5.92 Å². The minimum Gasteiger partial charge on any atom is -0.354 e. The van der Waals surface area contributed by atoms with E-state index in [1.807, 2.05) is 0 Å². The summed E-state index contributed by atoms with van der Waals surface area (Å²) < 4.78 is 0. The molecule has 1 unspecified atom stereocenters. The van der Waals surface area contributed by atoms with Crippen molar-refractivity contribution in [2.24, 2.45) is 5.92 Å². The molecule has 5 heteroatoms. The first-order valence-corrected chi connectivity index (χ1v) is 25.9. The minimum absolute atomic E-state index is 0.130. The standard InChI is InChI=1S/C51H101N3O2/c1-5-9-11-13-15-17-19-21-23-25-27-29-31-33-35-40-45-52-51(56)50(48-42-37-36-38-43-48)54(47-41-46-53(7-3)8-4)49(55)44-39-34-32-30-28-26-24-22-20-18-16-14-12-10-6-2/h48,50H,5-47H2,1-4H3,(H,52,56). The molecule has 0 aromatic rings. The summed E-state index contributed by atoms with van der Waals surface area (Å²) in [6, 6.07) is -0.295. The largest absolute Gasteiger partial charge is 0.354 e. The lowest BCUT2D eigenvalue weighted by molar-refractivity contribution is -0.143. The molecule has 1 aliphatic rings. The van der Waals surface area contributed by atoms with Crippen molar-refractivity contribution in [2.45, 2.75) is 278 Å². The molecule has 56 heavy (non-hydrogen) atoms. The normalized spacial score (nSPS) is 14.1. The van der Waals surface area contributed by atoms with Crippen LogP contribution in [0.4, 0.5) is 0 Å². The van der Waals surface area contributed by atoms with Crippen LogP contribution in [0.25, 0.3) is 0 Å². The molecule has 0 aromatic heterocycles. The van der Waals surface area contributed by atoms with Gasteiger partial charge in [-0.1, -0.05) is 233 Å². The molecule has 332 valence electrons. The van der Waals surface area contributed by atoms with Crippen molar-refractivity contribution in [1.82, 2.24) is 15.1 Å². The summed E-state index contributed by atoms with van der Waals surface area (Å²) in [7, 11) is 0. The minimum atomic E-state index is -0.295. The van der Waals surface area contributed by atoms with Gasteiger partial charge in [0.2, 0.25) is 11.8 Å². The molecule has 1 rings (SSSR count). The van der Waals surface area contributed by atoms with Gasteiger partial charge in [-0.15, -0.1) is 0 Å². The van der Waals surface area contributed by atoms with E-state index >= 15 is 0 Å². The van der Waals surface area contributed by atoms with E-state index in [2.05, 4.69) is 42.8 Å². The van der Waals surface area contributed by atoms with Crippen molar-refractivity contribution in [3.63, 3.8) is 0 Å². The zero-order chi connectivity index (χ0) is 40.6. The molecule has 1 aliphatic carbocycles. The molecular formula is C51H101N3O2. The number of carbonyl (C=O) groups is 2. The fraction of sp³-hybridized carbons (Fsp3) is 0.961. The van der Waals surface area contributed by atoms with Crippen LogP contribution in [-0.2, 0) is 9.59 Å². The Morgan fingerprint density at radius 2 is 0.839 bits per heavy atom. The summed E-state index contributed by atoms with van der Waals surface area (Å²) in [5, 5.41) is 3.37. The maximum atomic E-state index is 14.1. The number of rotatable bonds is 42. The van der Waals surface area contributed by atoms with Gasteiger partial charge in [0.1, 0.15) is 6.04 Å². The van der Waals surface area contributed by atoms with Gasteiger partial charge in [0.25, 0.3) is 0 Å². The monoisotopic (exact) mass is 788 g/mol. The lowest BCUT2D eigenvalue weighted by atomic mass is 9.82. The predicted octanol–water partition coefficient (Wildman–Crippen LogP) is 15.1. The number of amides is 2. The molecule has 1 fully saturated rings. The van der Waals surface area contributed by atoms with E-state index in [0.717, 1.165) is 64.7 Å². The highest BCUT2D eigenvalue weighted by Crippen LogP contribution is 2.30. The molecule has 1 N–H and O–H groups in total. The number of hydrogen-bond acceptors (Lipinski definition) is 3. The third kappa shape index (κ3) is 30.0. The highest BCUT2D eigenvalue weighted by molar-refractivity contribution is 5.88. The van der Waals surface area contributed by atoms with Gasteiger partial charge in [-0.3, -0.25) is 9.59 Å². The van der Waals surface area contributed by atoms with Crippen molar-refractivity contribution < 1.29 is 9.59 Å².